The molecule has 3 aromatic rings. The van der Waals surface area contributed by atoms with E-state index in [4.69, 9.17) is 4.74 Å². The maximum atomic E-state index is 13.2. The lowest BCUT2D eigenvalue weighted by Gasteiger charge is -2.17. The largest absolute Gasteiger partial charge is 0.495 e. The minimum absolute atomic E-state index is 0.0937. The Morgan fingerprint density at radius 2 is 1.61 bits per heavy atom. The van der Waals surface area contributed by atoms with E-state index in [1.807, 2.05) is 37.3 Å². The number of hydrogen-bond acceptors (Lipinski definition) is 5. The van der Waals surface area contributed by atoms with E-state index in [2.05, 4.69) is 15.4 Å². The molecule has 172 valence electrons. The zero-order valence-corrected chi connectivity index (χ0v) is 19.3. The molecule has 8 nitrogen and oxygen atoms in total. The monoisotopic (exact) mass is 467 g/mol. The zero-order chi connectivity index (χ0) is 24.0. The van der Waals surface area contributed by atoms with Gasteiger partial charge in [-0.05, 0) is 42.8 Å². The molecule has 0 spiro atoms. The first-order valence-electron chi connectivity index (χ1n) is 10.1. The van der Waals surface area contributed by atoms with Gasteiger partial charge in [-0.25, -0.2) is 8.42 Å². The van der Waals surface area contributed by atoms with Crippen LogP contribution in [0.25, 0.3) is 0 Å². The van der Waals surface area contributed by atoms with Gasteiger partial charge in [-0.3, -0.25) is 14.3 Å². The molecule has 2 amide bonds. The lowest BCUT2D eigenvalue weighted by molar-refractivity contribution is -0.114. The van der Waals surface area contributed by atoms with Crippen molar-refractivity contribution in [1.29, 1.82) is 0 Å². The van der Waals surface area contributed by atoms with Gasteiger partial charge in [0.05, 0.1) is 24.4 Å². The molecule has 3 aromatic carbocycles. The Morgan fingerprint density at radius 1 is 0.939 bits per heavy atom. The Kier molecular flexibility index (Phi) is 7.34. The Hall–Kier alpha value is -3.85. The maximum absolute atomic E-state index is 13.2. The van der Waals surface area contributed by atoms with E-state index in [9.17, 15) is 18.0 Å². The van der Waals surface area contributed by atoms with Crippen LogP contribution in [0.3, 0.4) is 0 Å². The van der Waals surface area contributed by atoms with Crippen LogP contribution in [0.5, 0.6) is 5.75 Å². The molecule has 0 bridgehead atoms. The highest BCUT2D eigenvalue weighted by molar-refractivity contribution is 7.92. The number of methoxy groups -OCH3 is 1. The lowest BCUT2D eigenvalue weighted by Crippen LogP contribution is -2.28. The summed E-state index contributed by atoms with van der Waals surface area (Å²) in [6.45, 7) is 3.17. The minimum atomic E-state index is -4.16. The molecule has 0 unspecified atom stereocenters. The van der Waals surface area contributed by atoms with Crippen molar-refractivity contribution < 1.29 is 22.7 Å². The second-order valence-electron chi connectivity index (χ2n) is 7.30. The van der Waals surface area contributed by atoms with Crippen LogP contribution in [0.15, 0.2) is 77.7 Å². The molecule has 1 atom stereocenters. The minimum Gasteiger partial charge on any atom is -0.495 e. The van der Waals surface area contributed by atoms with Gasteiger partial charge < -0.3 is 15.4 Å². The van der Waals surface area contributed by atoms with Gasteiger partial charge in [-0.2, -0.15) is 0 Å². The Bertz CT molecular complexity index is 1260. The van der Waals surface area contributed by atoms with Gasteiger partial charge in [0.2, 0.25) is 5.91 Å². The molecule has 3 rings (SSSR count). The van der Waals surface area contributed by atoms with E-state index in [1.165, 1.54) is 44.4 Å². The van der Waals surface area contributed by atoms with Crippen LogP contribution < -0.4 is 20.1 Å². The van der Waals surface area contributed by atoms with Gasteiger partial charge in [-0.15, -0.1) is 0 Å². The fraction of sp³-hybridized carbons (Fsp3) is 0.167. The SMILES string of the molecule is COc1ccc(NC(C)=O)cc1S(=O)(=O)Nc1ccccc1C(=O)N[C@@H](C)c1ccccc1. The first kappa shape index (κ1) is 23.8. The fourth-order valence-electron chi connectivity index (χ4n) is 3.24. The first-order valence-corrected chi connectivity index (χ1v) is 11.6. The second kappa shape index (κ2) is 10.2. The number of sulfonamides is 1. The van der Waals surface area contributed by atoms with E-state index >= 15 is 0 Å². The van der Waals surface area contributed by atoms with Crippen LogP contribution in [0.2, 0.25) is 0 Å². The average Bonchev–Trinajstić information content (AvgIpc) is 2.79. The third-order valence-electron chi connectivity index (χ3n) is 4.84. The Morgan fingerprint density at radius 3 is 2.27 bits per heavy atom. The van der Waals surface area contributed by atoms with Gasteiger partial charge in [0, 0.05) is 12.6 Å². The number of nitrogens with one attached hydrogen (secondary N) is 3. The summed E-state index contributed by atoms with van der Waals surface area (Å²) in [5.74, 6) is -0.675. The summed E-state index contributed by atoms with van der Waals surface area (Å²) in [5, 5.41) is 5.43. The number of benzene rings is 3. The summed E-state index contributed by atoms with van der Waals surface area (Å²) >= 11 is 0. The molecule has 0 aromatic heterocycles. The van der Waals surface area contributed by atoms with Crippen molar-refractivity contribution in [3.05, 3.63) is 83.9 Å². The maximum Gasteiger partial charge on any atom is 0.265 e. The van der Waals surface area contributed by atoms with Crippen molar-refractivity contribution in [2.24, 2.45) is 0 Å². The first-order chi connectivity index (χ1) is 15.7. The van der Waals surface area contributed by atoms with Crippen LogP contribution in [0.4, 0.5) is 11.4 Å². The van der Waals surface area contributed by atoms with E-state index in [0.717, 1.165) is 5.56 Å². The summed E-state index contributed by atoms with van der Waals surface area (Å²) in [6, 6.07) is 19.7. The van der Waals surface area contributed by atoms with Crippen molar-refractivity contribution in [2.75, 3.05) is 17.1 Å². The van der Waals surface area contributed by atoms with E-state index in [0.29, 0.717) is 5.69 Å². The van der Waals surface area contributed by atoms with Gasteiger partial charge in [0.15, 0.2) is 0 Å². The van der Waals surface area contributed by atoms with E-state index in [1.54, 1.807) is 12.1 Å². The highest BCUT2D eigenvalue weighted by Crippen LogP contribution is 2.30. The van der Waals surface area contributed by atoms with Crippen LogP contribution in [-0.4, -0.2) is 27.3 Å². The Labute approximate surface area is 193 Å². The van der Waals surface area contributed by atoms with Crippen molar-refractivity contribution in [3.8, 4) is 5.75 Å². The van der Waals surface area contributed by atoms with Crippen molar-refractivity contribution >= 4 is 33.2 Å². The third kappa shape index (κ3) is 5.89. The molecule has 9 heteroatoms. The zero-order valence-electron chi connectivity index (χ0n) is 18.5. The number of carbonyl (C=O) groups excluding carboxylic acids is 2. The highest BCUT2D eigenvalue weighted by Gasteiger charge is 2.23. The molecule has 0 aliphatic rings. The number of hydrogen-bond donors (Lipinski definition) is 3. The van der Waals surface area contributed by atoms with Crippen molar-refractivity contribution in [1.82, 2.24) is 5.32 Å². The molecule has 0 fully saturated rings. The van der Waals surface area contributed by atoms with Crippen molar-refractivity contribution in [3.63, 3.8) is 0 Å². The average molecular weight is 468 g/mol. The highest BCUT2D eigenvalue weighted by atomic mass is 32.2. The molecule has 3 N–H and O–H groups in total. The number of carbonyl (C=O) groups is 2. The summed E-state index contributed by atoms with van der Waals surface area (Å²) in [5.41, 5.74) is 1.50. The Balaban J connectivity index is 1.90. The predicted molar refractivity (Wildman–Crippen MR) is 127 cm³/mol. The number of para-hydroxylation sites is 1. The van der Waals surface area contributed by atoms with Gasteiger partial charge in [0.25, 0.3) is 15.9 Å². The molecule has 0 aliphatic carbocycles. The summed E-state index contributed by atoms with van der Waals surface area (Å²) in [4.78, 5) is 24.2. The molecule has 33 heavy (non-hydrogen) atoms. The number of rotatable bonds is 8. The standard InChI is InChI=1S/C24H25N3O5S/c1-16(18-9-5-4-6-10-18)25-24(29)20-11-7-8-12-21(20)27-33(30,31)23-15-19(26-17(2)28)13-14-22(23)32-3/h4-16,27H,1-3H3,(H,25,29)(H,26,28)/t16-/m0/s1. The van der Waals surface area contributed by atoms with Crippen LogP contribution in [0.1, 0.15) is 35.8 Å². The number of ether oxygens (including phenoxy) is 1. The van der Waals surface area contributed by atoms with Gasteiger partial charge >= 0.3 is 0 Å². The second-order valence-corrected chi connectivity index (χ2v) is 8.95. The summed E-state index contributed by atoms with van der Waals surface area (Å²) in [6.07, 6.45) is 0. The predicted octanol–water partition coefficient (Wildman–Crippen LogP) is 3.95. The number of amides is 2. The number of anilines is 2. The lowest BCUT2D eigenvalue weighted by atomic mass is 10.1. The van der Waals surface area contributed by atoms with Crippen LogP contribution in [-0.2, 0) is 14.8 Å². The smallest absolute Gasteiger partial charge is 0.265 e. The van der Waals surface area contributed by atoms with Gasteiger partial charge in [-0.1, -0.05) is 42.5 Å². The van der Waals surface area contributed by atoms with Crippen LogP contribution >= 0.6 is 0 Å². The third-order valence-corrected chi connectivity index (χ3v) is 6.22. The molecular weight excluding hydrogens is 442 g/mol. The topological polar surface area (TPSA) is 114 Å². The van der Waals surface area contributed by atoms with E-state index < -0.39 is 15.9 Å². The molecule has 0 heterocycles. The van der Waals surface area contributed by atoms with Crippen molar-refractivity contribution in [2.45, 2.75) is 24.8 Å². The van der Waals surface area contributed by atoms with E-state index in [-0.39, 0.29) is 33.8 Å². The molecular formula is C24H25N3O5S. The fourth-order valence-corrected chi connectivity index (χ4v) is 4.51. The molecule has 0 aliphatic heterocycles. The summed E-state index contributed by atoms with van der Waals surface area (Å²) < 4.78 is 34.1. The normalized spacial score (nSPS) is 11.8. The molecule has 0 radical (unpaired) electrons. The molecule has 0 saturated carbocycles. The summed E-state index contributed by atoms with van der Waals surface area (Å²) in [7, 11) is -2.81. The quantitative estimate of drug-likeness (QED) is 0.464. The van der Waals surface area contributed by atoms with Gasteiger partial charge in [0.1, 0.15) is 10.6 Å². The molecule has 0 saturated heterocycles. The van der Waals surface area contributed by atoms with Crippen LogP contribution in [0, 0.1) is 0 Å².